The number of nitrogen functional groups attached to an aromatic ring is 1. The lowest BCUT2D eigenvalue weighted by Crippen LogP contribution is -2.41. The zero-order valence-electron chi connectivity index (χ0n) is 12.7. The molecule has 0 fully saturated rings. The second kappa shape index (κ2) is 5.55. The minimum atomic E-state index is -0.656. The maximum Gasteiger partial charge on any atom is 0.231 e. The van der Waals surface area contributed by atoms with E-state index in [-0.39, 0.29) is 18.2 Å². The van der Waals surface area contributed by atoms with Crippen LogP contribution in [0.2, 0.25) is 0 Å². The van der Waals surface area contributed by atoms with E-state index in [1.807, 2.05) is 0 Å². The van der Waals surface area contributed by atoms with Gasteiger partial charge in [0.25, 0.3) is 0 Å². The van der Waals surface area contributed by atoms with E-state index in [1.54, 1.807) is 4.90 Å². The third kappa shape index (κ3) is 2.52. The SMILES string of the molecule is Nc1nc2c(s1)CN(C(=O)[C@@H]1CC(=O)Nc3ccc(F)cc31)CC2. The highest BCUT2D eigenvalue weighted by molar-refractivity contribution is 7.15. The van der Waals surface area contributed by atoms with E-state index in [0.29, 0.717) is 35.9 Å². The van der Waals surface area contributed by atoms with Crippen LogP contribution < -0.4 is 11.1 Å². The van der Waals surface area contributed by atoms with Crippen molar-refractivity contribution in [3.63, 3.8) is 0 Å². The number of aromatic nitrogens is 1. The summed E-state index contributed by atoms with van der Waals surface area (Å²) in [6.45, 7) is 0.962. The van der Waals surface area contributed by atoms with Gasteiger partial charge < -0.3 is 16.0 Å². The summed E-state index contributed by atoms with van der Waals surface area (Å²) in [5.74, 6) is -1.46. The largest absolute Gasteiger partial charge is 0.375 e. The molecule has 0 spiro atoms. The monoisotopic (exact) mass is 346 g/mol. The van der Waals surface area contributed by atoms with Gasteiger partial charge in [-0.05, 0) is 23.8 Å². The Bertz CT molecular complexity index is 851. The summed E-state index contributed by atoms with van der Waals surface area (Å²) in [7, 11) is 0. The van der Waals surface area contributed by atoms with Gasteiger partial charge in [0, 0.05) is 30.0 Å². The van der Waals surface area contributed by atoms with Crippen molar-refractivity contribution in [2.24, 2.45) is 0 Å². The van der Waals surface area contributed by atoms with Crippen LogP contribution in [0.15, 0.2) is 18.2 Å². The fraction of sp³-hybridized carbons (Fsp3) is 0.312. The predicted molar refractivity (Wildman–Crippen MR) is 88.0 cm³/mol. The third-order valence-electron chi connectivity index (χ3n) is 4.41. The lowest BCUT2D eigenvalue weighted by atomic mass is 9.89. The Balaban J connectivity index is 1.63. The number of fused-ring (bicyclic) bond motifs is 2. The van der Waals surface area contributed by atoms with E-state index in [2.05, 4.69) is 10.3 Å². The summed E-state index contributed by atoms with van der Waals surface area (Å²) >= 11 is 1.38. The first-order valence-corrected chi connectivity index (χ1v) is 8.45. The molecule has 2 aliphatic rings. The first kappa shape index (κ1) is 15.1. The van der Waals surface area contributed by atoms with Gasteiger partial charge >= 0.3 is 0 Å². The number of carbonyl (C=O) groups is 2. The summed E-state index contributed by atoms with van der Waals surface area (Å²) in [6, 6.07) is 4.11. The first-order valence-electron chi connectivity index (χ1n) is 7.63. The van der Waals surface area contributed by atoms with Gasteiger partial charge in [0.05, 0.1) is 18.2 Å². The number of hydrogen-bond acceptors (Lipinski definition) is 5. The van der Waals surface area contributed by atoms with Crippen molar-refractivity contribution in [1.82, 2.24) is 9.88 Å². The zero-order chi connectivity index (χ0) is 16.8. The van der Waals surface area contributed by atoms with Gasteiger partial charge in [-0.15, -0.1) is 11.3 Å². The normalized spacial score (nSPS) is 19.5. The van der Waals surface area contributed by atoms with Crippen molar-refractivity contribution in [3.05, 3.63) is 40.2 Å². The molecule has 3 heterocycles. The molecule has 1 atom stereocenters. The number of anilines is 2. The minimum absolute atomic E-state index is 0.0312. The van der Waals surface area contributed by atoms with Crippen molar-refractivity contribution in [2.75, 3.05) is 17.6 Å². The zero-order valence-corrected chi connectivity index (χ0v) is 13.5. The number of thiazole rings is 1. The second-order valence-electron chi connectivity index (χ2n) is 5.97. The van der Waals surface area contributed by atoms with Crippen molar-refractivity contribution < 1.29 is 14.0 Å². The lowest BCUT2D eigenvalue weighted by molar-refractivity contribution is -0.135. The van der Waals surface area contributed by atoms with Gasteiger partial charge in [-0.3, -0.25) is 9.59 Å². The molecule has 2 amide bonds. The molecule has 0 saturated heterocycles. The summed E-state index contributed by atoms with van der Waals surface area (Å²) in [6.07, 6.45) is 0.674. The molecule has 124 valence electrons. The highest BCUT2D eigenvalue weighted by atomic mass is 32.1. The van der Waals surface area contributed by atoms with Crippen LogP contribution in [-0.2, 0) is 22.6 Å². The van der Waals surface area contributed by atoms with Gasteiger partial charge in [-0.1, -0.05) is 0 Å². The van der Waals surface area contributed by atoms with E-state index in [0.717, 1.165) is 10.6 Å². The maximum atomic E-state index is 13.6. The number of nitrogens with zero attached hydrogens (tertiary/aromatic N) is 2. The summed E-state index contributed by atoms with van der Waals surface area (Å²) in [5.41, 5.74) is 7.71. The van der Waals surface area contributed by atoms with Crippen LogP contribution in [0.3, 0.4) is 0 Å². The van der Waals surface area contributed by atoms with Crippen LogP contribution in [0, 0.1) is 5.82 Å². The van der Waals surface area contributed by atoms with Crippen LogP contribution in [0.25, 0.3) is 0 Å². The molecule has 4 rings (SSSR count). The number of rotatable bonds is 1. The number of nitrogens with two attached hydrogens (primary N) is 1. The minimum Gasteiger partial charge on any atom is -0.375 e. The van der Waals surface area contributed by atoms with Crippen LogP contribution >= 0.6 is 11.3 Å². The number of carbonyl (C=O) groups excluding carboxylic acids is 2. The lowest BCUT2D eigenvalue weighted by Gasteiger charge is -2.32. The van der Waals surface area contributed by atoms with E-state index in [4.69, 9.17) is 5.73 Å². The van der Waals surface area contributed by atoms with E-state index < -0.39 is 11.7 Å². The molecule has 8 heteroatoms. The van der Waals surface area contributed by atoms with Gasteiger partial charge in [0.2, 0.25) is 11.8 Å². The Hall–Kier alpha value is -2.48. The quantitative estimate of drug-likeness (QED) is 0.825. The van der Waals surface area contributed by atoms with Gasteiger partial charge in [0.1, 0.15) is 5.82 Å². The standard InChI is InChI=1S/C16H15FN4O2S/c17-8-1-2-11-9(5-8)10(6-14(22)19-11)15(23)21-4-3-12-13(7-21)24-16(18)20-12/h1-2,5,10H,3-4,6-7H2,(H2,18,20)(H,19,22)/t10-/m1/s1. The average molecular weight is 346 g/mol. The molecule has 0 aliphatic carbocycles. The number of benzene rings is 1. The average Bonchev–Trinajstić information content (AvgIpc) is 2.93. The van der Waals surface area contributed by atoms with E-state index in [1.165, 1.54) is 29.5 Å². The fourth-order valence-corrected chi connectivity index (χ4v) is 4.17. The molecular formula is C16H15FN4O2S. The topological polar surface area (TPSA) is 88.3 Å². The summed E-state index contributed by atoms with van der Waals surface area (Å²) in [4.78, 5) is 31.8. The molecule has 24 heavy (non-hydrogen) atoms. The van der Waals surface area contributed by atoms with Crippen molar-refractivity contribution in [2.45, 2.75) is 25.3 Å². The molecule has 0 saturated carbocycles. The molecule has 0 unspecified atom stereocenters. The van der Waals surface area contributed by atoms with Gasteiger partial charge in [-0.2, -0.15) is 0 Å². The molecule has 0 bridgehead atoms. The Kier molecular flexibility index (Phi) is 3.49. The summed E-state index contributed by atoms with van der Waals surface area (Å²) in [5, 5.41) is 3.19. The van der Waals surface area contributed by atoms with E-state index in [9.17, 15) is 14.0 Å². The predicted octanol–water partition coefficient (Wildman–Crippen LogP) is 1.88. The van der Waals surface area contributed by atoms with Crippen LogP contribution in [0.5, 0.6) is 0 Å². The fourth-order valence-electron chi connectivity index (χ4n) is 3.28. The first-order chi connectivity index (χ1) is 11.5. The number of halogens is 1. The van der Waals surface area contributed by atoms with Crippen molar-refractivity contribution >= 4 is 34.0 Å². The molecule has 0 radical (unpaired) electrons. The Labute approximate surface area is 141 Å². The van der Waals surface area contributed by atoms with Gasteiger partial charge in [-0.25, -0.2) is 9.37 Å². The van der Waals surface area contributed by atoms with Gasteiger partial charge in [0.15, 0.2) is 5.13 Å². The number of amides is 2. The molecule has 3 N–H and O–H groups in total. The molecule has 2 aromatic rings. The third-order valence-corrected chi connectivity index (χ3v) is 5.32. The maximum absolute atomic E-state index is 13.6. The van der Waals surface area contributed by atoms with Crippen LogP contribution in [0.1, 0.15) is 28.5 Å². The Morgan fingerprint density at radius 3 is 3.12 bits per heavy atom. The van der Waals surface area contributed by atoms with Crippen LogP contribution in [0.4, 0.5) is 15.2 Å². The number of hydrogen-bond donors (Lipinski definition) is 2. The highest BCUT2D eigenvalue weighted by Gasteiger charge is 2.35. The molecular weight excluding hydrogens is 331 g/mol. The highest BCUT2D eigenvalue weighted by Crippen LogP contribution is 2.35. The molecule has 2 aliphatic heterocycles. The Morgan fingerprint density at radius 1 is 1.46 bits per heavy atom. The van der Waals surface area contributed by atoms with Crippen molar-refractivity contribution in [1.29, 1.82) is 0 Å². The van der Waals surface area contributed by atoms with Crippen LogP contribution in [-0.4, -0.2) is 28.2 Å². The second-order valence-corrected chi connectivity index (χ2v) is 7.08. The van der Waals surface area contributed by atoms with Crippen molar-refractivity contribution in [3.8, 4) is 0 Å². The smallest absolute Gasteiger partial charge is 0.231 e. The molecule has 1 aromatic carbocycles. The number of nitrogens with one attached hydrogen (secondary N) is 1. The Morgan fingerprint density at radius 2 is 2.29 bits per heavy atom. The molecule has 1 aromatic heterocycles. The summed E-state index contributed by atoms with van der Waals surface area (Å²) < 4.78 is 13.6. The molecule has 6 nitrogen and oxygen atoms in total. The van der Waals surface area contributed by atoms with E-state index >= 15 is 0 Å².